The molecule has 1 fully saturated rings. The predicted molar refractivity (Wildman–Crippen MR) is 133 cm³/mol. The summed E-state index contributed by atoms with van der Waals surface area (Å²) >= 11 is 3.54. The van der Waals surface area contributed by atoms with Gasteiger partial charge in [0.2, 0.25) is 5.60 Å². The van der Waals surface area contributed by atoms with Gasteiger partial charge in [0.25, 0.3) is 5.56 Å². The number of hydrogen-bond donors (Lipinski definition) is 1. The molecule has 4 atom stereocenters. The lowest BCUT2D eigenvalue weighted by Crippen LogP contribution is -2.48. The smallest absolute Gasteiger partial charge is 0.330 e. The number of aromatic nitrogens is 2. The Kier molecular flexibility index (Phi) is 9.50. The second-order valence-corrected chi connectivity index (χ2v) is 14.4. The van der Waals surface area contributed by atoms with E-state index in [2.05, 4.69) is 53.1 Å². The lowest BCUT2D eigenvalue weighted by molar-refractivity contribution is -0.164. The van der Waals surface area contributed by atoms with E-state index in [0.717, 1.165) is 18.1 Å². The van der Waals surface area contributed by atoms with Crippen LogP contribution in [0.15, 0.2) is 15.8 Å². The van der Waals surface area contributed by atoms with Crippen LogP contribution in [-0.4, -0.2) is 52.7 Å². The Bertz CT molecular complexity index is 1080. The topological polar surface area (TPSA) is 117 Å². The molecule has 1 aliphatic rings. The van der Waals surface area contributed by atoms with Gasteiger partial charge in [0.1, 0.15) is 19.5 Å². The van der Waals surface area contributed by atoms with Crippen molar-refractivity contribution in [3.8, 4) is 11.5 Å². The molecule has 188 valence electrons. The van der Waals surface area contributed by atoms with E-state index in [1.807, 2.05) is 0 Å². The van der Waals surface area contributed by atoms with E-state index < -0.39 is 54.0 Å². The number of nitrogens with one attached hydrogen (secondary N) is 1. The van der Waals surface area contributed by atoms with Crippen molar-refractivity contribution in [3.05, 3.63) is 32.6 Å². The zero-order valence-electron chi connectivity index (χ0n) is 20.5. The highest BCUT2D eigenvalue weighted by Gasteiger charge is 2.58. The number of carbonyl (C=O) groups excluding carboxylic acids is 2. The Balaban J connectivity index is 2.71. The van der Waals surface area contributed by atoms with Gasteiger partial charge < -0.3 is 14.2 Å². The van der Waals surface area contributed by atoms with E-state index in [1.165, 1.54) is 24.6 Å². The molecule has 11 heteroatoms. The van der Waals surface area contributed by atoms with Crippen molar-refractivity contribution in [1.82, 2.24) is 9.55 Å². The van der Waals surface area contributed by atoms with Gasteiger partial charge in [-0.05, 0) is 24.6 Å². The van der Waals surface area contributed by atoms with Crippen molar-refractivity contribution in [2.45, 2.75) is 88.9 Å². The van der Waals surface area contributed by atoms with Crippen LogP contribution in [0, 0.1) is 11.5 Å². The Morgan fingerprint density at radius 1 is 1.18 bits per heavy atom. The van der Waals surface area contributed by atoms with Crippen molar-refractivity contribution in [1.29, 1.82) is 0 Å². The van der Waals surface area contributed by atoms with Gasteiger partial charge in [0.05, 0.1) is 0 Å². The summed E-state index contributed by atoms with van der Waals surface area (Å²) in [7, 11) is -1.97. The first-order valence-electron chi connectivity index (χ1n) is 11.5. The van der Waals surface area contributed by atoms with E-state index in [-0.39, 0.29) is 6.61 Å². The maximum atomic E-state index is 12.7. The lowest BCUT2D eigenvalue weighted by Gasteiger charge is -2.30. The summed E-state index contributed by atoms with van der Waals surface area (Å²) in [6, 6.07) is 2.78. The summed E-state index contributed by atoms with van der Waals surface area (Å²) in [6.45, 7) is 10.4. The maximum absolute atomic E-state index is 12.7. The third-order valence-corrected chi connectivity index (χ3v) is 12.0. The van der Waals surface area contributed by atoms with E-state index in [4.69, 9.17) is 14.2 Å². The van der Waals surface area contributed by atoms with Crippen LogP contribution in [0.4, 0.5) is 0 Å². The molecule has 1 aromatic heterocycles. The molecular weight excluding hydrogens is 524 g/mol. The normalized spacial score (nSPS) is 24.3. The van der Waals surface area contributed by atoms with E-state index in [0.29, 0.717) is 12.0 Å². The number of H-pyrrole nitrogens is 1. The zero-order valence-corrected chi connectivity index (χ0v) is 23.1. The third kappa shape index (κ3) is 5.90. The highest BCUT2D eigenvalue weighted by Crippen LogP contribution is 2.43. The zero-order chi connectivity index (χ0) is 25.7. The standard InChI is InChI=1S/C23H33BrN2O7Si/c1-7-17-13-26(22(30)25-20(17)29)21-18(24)19(32-16(6)28)23(33-21,14-31-15(5)27)11-12-34(8-2,9-3)10-4/h13,18-19,21H,7-10,14H2,1-6H3,(H,25,29,30)/t18-,19+,21-,23-/m1/s1. The Morgan fingerprint density at radius 2 is 1.79 bits per heavy atom. The molecular formula is C23H33BrN2O7Si. The number of ether oxygens (including phenoxy) is 3. The molecule has 0 unspecified atom stereocenters. The summed E-state index contributed by atoms with van der Waals surface area (Å²) in [5, 5.41) is 0. The summed E-state index contributed by atoms with van der Waals surface area (Å²) in [5.41, 5.74) is 1.19. The summed E-state index contributed by atoms with van der Waals surface area (Å²) in [4.78, 5) is 50.1. The minimum absolute atomic E-state index is 0.285. The Labute approximate surface area is 208 Å². The molecule has 0 bridgehead atoms. The monoisotopic (exact) mass is 556 g/mol. The Morgan fingerprint density at radius 3 is 2.29 bits per heavy atom. The van der Waals surface area contributed by atoms with Gasteiger partial charge in [0, 0.05) is 25.6 Å². The minimum Gasteiger partial charge on any atom is -0.462 e. The second-order valence-electron chi connectivity index (χ2n) is 8.42. The van der Waals surface area contributed by atoms with E-state index in [9.17, 15) is 19.2 Å². The molecule has 0 saturated carbocycles. The van der Waals surface area contributed by atoms with Crippen molar-refractivity contribution in [2.75, 3.05) is 6.61 Å². The number of aromatic amines is 1. The van der Waals surface area contributed by atoms with Gasteiger partial charge in [-0.1, -0.05) is 49.5 Å². The molecule has 9 nitrogen and oxygen atoms in total. The van der Waals surface area contributed by atoms with Crippen LogP contribution in [0.25, 0.3) is 0 Å². The van der Waals surface area contributed by atoms with Crippen LogP contribution < -0.4 is 11.2 Å². The molecule has 0 amide bonds. The quantitative estimate of drug-likeness (QED) is 0.226. The van der Waals surface area contributed by atoms with Crippen molar-refractivity contribution in [2.24, 2.45) is 0 Å². The van der Waals surface area contributed by atoms with Gasteiger partial charge in [-0.25, -0.2) is 4.79 Å². The number of alkyl halides is 1. The van der Waals surface area contributed by atoms with Gasteiger partial charge in [-0.15, -0.1) is 5.54 Å². The first-order chi connectivity index (χ1) is 16.0. The fourth-order valence-corrected chi connectivity index (χ4v) is 7.39. The lowest BCUT2D eigenvalue weighted by atomic mass is 9.98. The Hall–Kier alpha value is -2.16. The molecule has 2 rings (SSSR count). The van der Waals surface area contributed by atoms with Crippen LogP contribution in [0.1, 0.15) is 53.3 Å². The first-order valence-corrected chi connectivity index (χ1v) is 15.0. The van der Waals surface area contributed by atoms with Crippen molar-refractivity contribution in [3.63, 3.8) is 0 Å². The summed E-state index contributed by atoms with van der Waals surface area (Å²) < 4.78 is 18.6. The van der Waals surface area contributed by atoms with Gasteiger partial charge in [0.15, 0.2) is 12.3 Å². The largest absolute Gasteiger partial charge is 0.462 e. The number of rotatable bonds is 8. The molecule has 0 aliphatic carbocycles. The van der Waals surface area contributed by atoms with Crippen LogP contribution in [0.2, 0.25) is 18.1 Å². The van der Waals surface area contributed by atoms with Gasteiger partial charge in [-0.3, -0.25) is 23.9 Å². The first kappa shape index (κ1) is 28.1. The van der Waals surface area contributed by atoms with E-state index >= 15 is 0 Å². The highest BCUT2D eigenvalue weighted by molar-refractivity contribution is 9.09. The van der Waals surface area contributed by atoms with Crippen LogP contribution in [-0.2, 0) is 30.2 Å². The van der Waals surface area contributed by atoms with Gasteiger partial charge in [-0.2, -0.15) is 0 Å². The molecule has 2 heterocycles. The number of esters is 2. The molecule has 0 aromatic carbocycles. The fourth-order valence-electron chi connectivity index (χ4n) is 3.99. The second kappa shape index (κ2) is 11.5. The van der Waals surface area contributed by atoms with E-state index in [1.54, 1.807) is 6.92 Å². The maximum Gasteiger partial charge on any atom is 0.330 e. The number of halogens is 1. The number of nitrogens with zero attached hydrogens (tertiary/aromatic N) is 1. The van der Waals surface area contributed by atoms with Crippen LogP contribution >= 0.6 is 15.9 Å². The molecule has 0 spiro atoms. The average molecular weight is 558 g/mol. The van der Waals surface area contributed by atoms with Crippen molar-refractivity contribution < 1.29 is 23.8 Å². The minimum atomic E-state index is -1.97. The third-order valence-electron chi connectivity index (χ3n) is 6.40. The molecule has 1 saturated heterocycles. The van der Waals surface area contributed by atoms with Crippen LogP contribution in [0.5, 0.6) is 0 Å². The molecule has 1 N–H and O–H groups in total. The molecule has 1 aromatic rings. The summed E-state index contributed by atoms with van der Waals surface area (Å²) in [5.74, 6) is 2.10. The number of hydrogen-bond acceptors (Lipinski definition) is 7. The fraction of sp³-hybridized carbons (Fsp3) is 0.652. The highest BCUT2D eigenvalue weighted by atomic mass is 79.9. The summed E-state index contributed by atoms with van der Waals surface area (Å²) in [6.07, 6.45) is -0.130. The molecule has 1 aliphatic heterocycles. The average Bonchev–Trinajstić information content (AvgIpc) is 3.05. The number of carbonyl (C=O) groups is 2. The van der Waals surface area contributed by atoms with Crippen LogP contribution in [0.3, 0.4) is 0 Å². The predicted octanol–water partition coefficient (Wildman–Crippen LogP) is 2.68. The van der Waals surface area contributed by atoms with Gasteiger partial charge >= 0.3 is 17.6 Å². The SMILES string of the molecule is CCc1cn([C@@H]2O[C@](C#C[Si](CC)(CC)CC)(COC(C)=O)[C@@H](OC(C)=O)[C@H]2Br)c(=O)[nH]c1=O. The molecule has 0 radical (unpaired) electrons. The van der Waals surface area contributed by atoms with Crippen molar-refractivity contribution >= 4 is 35.9 Å². The molecule has 34 heavy (non-hydrogen) atoms. The number of aryl methyl sites for hydroxylation is 1.